The van der Waals surface area contributed by atoms with Crippen LogP contribution >= 0.6 is 0 Å². The molecule has 0 saturated carbocycles. The Morgan fingerprint density at radius 1 is 0.564 bits per heavy atom. The van der Waals surface area contributed by atoms with Gasteiger partial charge in [-0.05, 0) is 28.7 Å². The highest BCUT2D eigenvalue weighted by Crippen LogP contribution is 2.42. The molecule has 0 aliphatic rings. The number of benzene rings is 4. The second kappa shape index (κ2) is 27.7. The average molecular weight is 1080 g/mol. The number of nitrogens with zero attached hydrogens (tertiary/aromatic N) is 7. The Morgan fingerprint density at radius 3 is 1.36 bits per heavy atom. The van der Waals surface area contributed by atoms with E-state index in [9.17, 15) is 59.4 Å². The molecule has 4 rings (SSSR count). The number of nitrogens with one attached hydrogen (secondary N) is 5. The van der Waals surface area contributed by atoms with E-state index in [1.54, 1.807) is 36.4 Å². The van der Waals surface area contributed by atoms with E-state index < -0.39 is 141 Å². The highest BCUT2D eigenvalue weighted by molar-refractivity contribution is 5.99. The first-order chi connectivity index (χ1) is 36.9. The summed E-state index contributed by atoms with van der Waals surface area (Å²) >= 11 is 0. The van der Waals surface area contributed by atoms with Gasteiger partial charge in [-0.1, -0.05) is 97.1 Å². The molecule has 0 spiro atoms. The molecule has 0 bridgehead atoms. The highest BCUT2D eigenvalue weighted by Gasteiger charge is 2.41. The van der Waals surface area contributed by atoms with Crippen LogP contribution in [0.2, 0.25) is 0 Å². The Hall–Kier alpha value is -11.2. The normalized spacial score (nSPS) is 13.3. The minimum atomic E-state index is -2.24. The molecule has 0 saturated heterocycles. The molecule has 408 valence electrons. The van der Waals surface area contributed by atoms with Crippen molar-refractivity contribution in [2.45, 2.75) is 43.0 Å². The van der Waals surface area contributed by atoms with Gasteiger partial charge in [0.15, 0.2) is 23.8 Å². The van der Waals surface area contributed by atoms with Crippen LogP contribution in [0.5, 0.6) is 0 Å². The van der Waals surface area contributed by atoms with Crippen molar-refractivity contribution in [2.75, 3.05) is 6.61 Å². The summed E-state index contributed by atoms with van der Waals surface area (Å²) in [4.78, 5) is 119. The summed E-state index contributed by atoms with van der Waals surface area (Å²) < 4.78 is 0. The number of carbonyl (C=O) groups excluding carboxylic acids is 6. The van der Waals surface area contributed by atoms with Gasteiger partial charge in [0.2, 0.25) is 36.5 Å². The number of amides is 6. The zero-order valence-electron chi connectivity index (χ0n) is 40.7. The van der Waals surface area contributed by atoms with E-state index in [0.717, 1.165) is 17.7 Å². The van der Waals surface area contributed by atoms with Crippen molar-refractivity contribution in [2.24, 2.45) is 77.5 Å². The molecule has 0 heterocycles. The van der Waals surface area contributed by atoms with Gasteiger partial charge in [0, 0.05) is 18.1 Å². The third-order valence-corrected chi connectivity index (χ3v) is 10.7. The molecular weight excluding hydrogens is 1020 g/mol. The molecule has 78 heavy (non-hydrogen) atoms. The quantitative estimate of drug-likeness (QED) is 0.00981. The summed E-state index contributed by atoms with van der Waals surface area (Å²) in [5, 5.41) is 56.7. The molecule has 0 radical (unpaired) electrons. The van der Waals surface area contributed by atoms with Gasteiger partial charge >= 0.3 is 0 Å². The van der Waals surface area contributed by atoms with Crippen LogP contribution in [-0.2, 0) is 35.2 Å². The fraction of sp³-hybridized carbons (Fsp3) is 0.196. The first-order valence-corrected chi connectivity index (χ1v) is 22.4. The van der Waals surface area contributed by atoms with Gasteiger partial charge in [-0.25, -0.2) is 20.0 Å². The lowest BCUT2D eigenvalue weighted by Crippen LogP contribution is -2.58. The summed E-state index contributed by atoms with van der Waals surface area (Å²) in [6.07, 6.45) is -5.27. The molecule has 7 unspecified atom stereocenters. The van der Waals surface area contributed by atoms with Crippen LogP contribution in [0.4, 0.5) is 11.4 Å². The van der Waals surface area contributed by atoms with Crippen molar-refractivity contribution in [3.8, 4) is 6.07 Å². The number of hydrogen-bond donors (Lipinski definition) is 15. The predicted molar refractivity (Wildman–Crippen MR) is 281 cm³/mol. The summed E-state index contributed by atoms with van der Waals surface area (Å²) in [6.45, 7) is -1.15. The number of hydrogen-bond acceptors (Lipinski definition) is 16. The van der Waals surface area contributed by atoms with Crippen LogP contribution in [0.1, 0.15) is 45.3 Å². The molecule has 0 fully saturated rings. The zero-order valence-corrected chi connectivity index (χ0v) is 40.7. The summed E-state index contributed by atoms with van der Waals surface area (Å²) in [6, 6.07) is 24.3. The number of aliphatic imine (C=N–C) groups is 4. The number of aliphatic hydroxyl groups is 1. The van der Waals surface area contributed by atoms with E-state index in [1.807, 2.05) is 52.4 Å². The van der Waals surface area contributed by atoms with Crippen LogP contribution in [0.15, 0.2) is 117 Å². The summed E-state index contributed by atoms with van der Waals surface area (Å²) in [5.41, 5.74) is 48.0. The van der Waals surface area contributed by atoms with Gasteiger partial charge in [0.25, 0.3) is 35.0 Å². The number of guanidine groups is 4. The van der Waals surface area contributed by atoms with Crippen molar-refractivity contribution in [1.82, 2.24) is 26.6 Å². The van der Waals surface area contributed by atoms with Crippen LogP contribution in [0.25, 0.3) is 12.2 Å². The van der Waals surface area contributed by atoms with E-state index >= 15 is 0 Å². The summed E-state index contributed by atoms with van der Waals surface area (Å²) in [7, 11) is 0. The topological polar surface area (TPSA) is 576 Å². The molecule has 32 heteroatoms. The Morgan fingerprint density at radius 2 is 0.962 bits per heavy atom. The molecule has 24 N–H and O–H groups in total. The van der Waals surface area contributed by atoms with Crippen molar-refractivity contribution in [3.05, 3.63) is 151 Å². The highest BCUT2D eigenvalue weighted by atomic mass is 16.6. The Kier molecular flexibility index (Phi) is 21.1. The van der Waals surface area contributed by atoms with Crippen LogP contribution in [0.3, 0.4) is 0 Å². The van der Waals surface area contributed by atoms with E-state index in [2.05, 4.69) is 30.6 Å². The minimum absolute atomic E-state index is 0.00449. The number of nitro groups is 2. The van der Waals surface area contributed by atoms with Crippen molar-refractivity contribution in [3.63, 3.8) is 0 Å². The number of aliphatic hydroxyl groups excluding tert-OH is 1. The number of carbonyl (C=O) groups is 6. The van der Waals surface area contributed by atoms with Crippen LogP contribution in [-0.4, -0.2) is 106 Å². The third kappa shape index (κ3) is 17.2. The van der Waals surface area contributed by atoms with Crippen molar-refractivity contribution < 1.29 is 43.7 Å². The lowest BCUT2D eigenvalue weighted by atomic mass is 9.79. The van der Waals surface area contributed by atoms with Gasteiger partial charge in [-0.2, -0.15) is 5.26 Å². The third-order valence-electron chi connectivity index (χ3n) is 10.7. The number of nitro benzene ring substituents is 2. The fourth-order valence-electron chi connectivity index (χ4n) is 7.27. The van der Waals surface area contributed by atoms with Crippen molar-refractivity contribution in [1.29, 1.82) is 5.26 Å². The Labute approximate surface area is 441 Å². The van der Waals surface area contributed by atoms with Gasteiger partial charge in [0.1, 0.15) is 11.6 Å². The average Bonchev–Trinajstić information content (AvgIpc) is 3.44. The van der Waals surface area contributed by atoms with E-state index in [1.165, 1.54) is 30.3 Å². The molecular formula is C46H53N21O11. The monoisotopic (exact) mass is 1080 g/mol. The number of rotatable bonds is 25. The van der Waals surface area contributed by atoms with Crippen LogP contribution < -0.4 is 78.2 Å². The molecule has 0 aliphatic heterocycles. The molecule has 0 aliphatic carbocycles. The maximum absolute atomic E-state index is 14.7. The number of primary amides is 1. The molecule has 0 aromatic heterocycles. The number of nitriles is 1. The lowest BCUT2D eigenvalue weighted by Gasteiger charge is -2.28. The summed E-state index contributed by atoms with van der Waals surface area (Å²) in [5.74, 6) is -14.7. The second-order valence-electron chi connectivity index (χ2n) is 16.3. The standard InChI is InChI=1S/C46H53N21O11/c47-20-25-18-29(66(75)76)31(30(19-25)67(77)78)27(17-24-15-13-23(14-16-24)12-11-22-7-3-1-4-8-22)28(21-68)38(70)57-32(26-9-5-2-6-10-26)39(71)59-35(63-44(51)52)41(73)61-37(65-46(55)56)42(74)60-36(64-45(53)54)40(72)58-34(33(48)69)62-43(49)50/h1-16,18-19,27-28,32,34-37,68H,17,21H2,(H2,48,69)(H,57,70)(H,58,72)(H,59,71)(H,60,74)(H,61,73)(H4,49,50,62)(H4,51,52,63)(H4,53,54,64)(H4,55,56,65)/b12-11+. The van der Waals surface area contributed by atoms with Gasteiger partial charge in [-0.3, -0.25) is 49.0 Å². The van der Waals surface area contributed by atoms with E-state index in [-0.39, 0.29) is 12.0 Å². The van der Waals surface area contributed by atoms with Gasteiger partial charge < -0.3 is 83.3 Å². The zero-order chi connectivity index (χ0) is 57.8. The molecule has 6 amide bonds. The molecule has 4 aromatic carbocycles. The SMILES string of the molecule is N#Cc1cc([N+](=O)[O-])c(C(Cc2ccc(/C=C/c3ccccc3)cc2)C(CO)C(=O)NC(C(=O)NC(N=C(N)N)C(=O)NC(N=C(N)N)C(=O)NC(N=C(N)N)C(=O)NC(N=C(N)N)C(N)=O)c2ccccc2)c([N+](=O)[O-])c1. The molecule has 32 nitrogen and oxygen atoms in total. The maximum atomic E-state index is 14.7. The predicted octanol–water partition coefficient (Wildman–Crippen LogP) is -4.31. The largest absolute Gasteiger partial charge is 0.396 e. The van der Waals surface area contributed by atoms with E-state index in [0.29, 0.717) is 11.1 Å². The minimum Gasteiger partial charge on any atom is -0.396 e. The smallest absolute Gasteiger partial charge is 0.281 e. The Balaban J connectivity index is 1.75. The number of nitrogens with two attached hydrogens (primary N) is 9. The van der Waals surface area contributed by atoms with Crippen LogP contribution in [0, 0.1) is 37.5 Å². The van der Waals surface area contributed by atoms with Gasteiger partial charge in [-0.15, -0.1) is 0 Å². The fourth-order valence-corrected chi connectivity index (χ4v) is 7.27. The van der Waals surface area contributed by atoms with Crippen molar-refractivity contribution >= 4 is 82.8 Å². The first kappa shape index (κ1) is 59.3. The molecule has 7 atom stereocenters. The lowest BCUT2D eigenvalue weighted by molar-refractivity contribution is -0.396. The van der Waals surface area contributed by atoms with E-state index in [4.69, 9.17) is 51.6 Å². The Bertz CT molecular complexity index is 3040. The first-order valence-electron chi connectivity index (χ1n) is 22.4. The van der Waals surface area contributed by atoms with Gasteiger partial charge in [0.05, 0.1) is 34.0 Å². The second-order valence-corrected chi connectivity index (χ2v) is 16.3. The maximum Gasteiger partial charge on any atom is 0.281 e. The molecule has 4 aromatic rings.